The van der Waals surface area contributed by atoms with Crippen molar-refractivity contribution in [2.24, 2.45) is 23.7 Å². The molecule has 0 heterocycles. The first-order chi connectivity index (χ1) is 9.51. The summed E-state index contributed by atoms with van der Waals surface area (Å²) >= 11 is 0. The number of hydrogen-bond donors (Lipinski definition) is 1. The molecule has 1 fully saturated rings. The maximum absolute atomic E-state index is 12.6. The van der Waals surface area contributed by atoms with E-state index in [0.717, 1.165) is 6.26 Å². The van der Waals surface area contributed by atoms with E-state index in [9.17, 15) is 23.1 Å². The van der Waals surface area contributed by atoms with Gasteiger partial charge in [0.25, 0.3) is 0 Å². The van der Waals surface area contributed by atoms with Crippen LogP contribution in [0.1, 0.15) is 27.7 Å². The van der Waals surface area contributed by atoms with Crippen LogP contribution in [0.3, 0.4) is 0 Å². The van der Waals surface area contributed by atoms with Crippen LogP contribution in [-0.2, 0) is 19.4 Å². The maximum atomic E-state index is 12.6. The van der Waals surface area contributed by atoms with Crippen LogP contribution < -0.4 is 0 Å². The molecule has 0 bridgehead atoms. The molecule has 1 aliphatic carbocycles. The maximum Gasteiger partial charge on any atom is 0.307 e. The molecule has 6 nitrogen and oxygen atoms in total. The lowest BCUT2D eigenvalue weighted by Crippen LogP contribution is -2.57. The first-order valence-corrected chi connectivity index (χ1v) is 9.28. The number of carbonyl (C=O) groups excluding carboxylic acids is 1. The molecule has 0 radical (unpaired) electrons. The zero-order chi connectivity index (χ0) is 16.5. The summed E-state index contributed by atoms with van der Waals surface area (Å²) in [6, 6.07) is -0.449. The van der Waals surface area contributed by atoms with Crippen LogP contribution in [0.15, 0.2) is 0 Å². The molecule has 1 amide bonds. The minimum absolute atomic E-state index is 0.00177. The van der Waals surface area contributed by atoms with E-state index >= 15 is 0 Å². The molecule has 21 heavy (non-hydrogen) atoms. The Labute approximate surface area is 126 Å². The smallest absolute Gasteiger partial charge is 0.307 e. The van der Waals surface area contributed by atoms with Gasteiger partial charge in [0.15, 0.2) is 0 Å². The number of rotatable bonds is 6. The second-order valence-corrected chi connectivity index (χ2v) is 8.36. The average Bonchev–Trinajstić information content (AvgIpc) is 2.32. The zero-order valence-electron chi connectivity index (χ0n) is 13.2. The van der Waals surface area contributed by atoms with Crippen molar-refractivity contribution in [1.82, 2.24) is 4.90 Å². The van der Waals surface area contributed by atoms with E-state index in [0.29, 0.717) is 6.54 Å². The molecule has 1 saturated carbocycles. The van der Waals surface area contributed by atoms with E-state index in [-0.39, 0.29) is 23.5 Å². The van der Waals surface area contributed by atoms with Crippen molar-refractivity contribution in [2.45, 2.75) is 33.7 Å². The van der Waals surface area contributed by atoms with Crippen molar-refractivity contribution < 1.29 is 23.1 Å². The highest BCUT2D eigenvalue weighted by atomic mass is 32.2. The lowest BCUT2D eigenvalue weighted by atomic mass is 9.57. The summed E-state index contributed by atoms with van der Waals surface area (Å²) in [5.74, 6) is -2.58. The molecule has 3 unspecified atom stereocenters. The fourth-order valence-electron chi connectivity index (χ4n) is 3.32. The van der Waals surface area contributed by atoms with Gasteiger partial charge in [-0.3, -0.25) is 9.59 Å². The lowest BCUT2D eigenvalue weighted by molar-refractivity contribution is -0.169. The Balaban J connectivity index is 2.91. The van der Waals surface area contributed by atoms with Crippen molar-refractivity contribution in [3.05, 3.63) is 0 Å². The van der Waals surface area contributed by atoms with Gasteiger partial charge in [0.05, 0.1) is 17.6 Å². The topological polar surface area (TPSA) is 91.8 Å². The van der Waals surface area contributed by atoms with E-state index in [2.05, 4.69) is 0 Å². The molecule has 5 atom stereocenters. The van der Waals surface area contributed by atoms with Crippen molar-refractivity contribution in [1.29, 1.82) is 0 Å². The third kappa shape index (κ3) is 3.75. The van der Waals surface area contributed by atoms with Crippen LogP contribution in [-0.4, -0.2) is 54.9 Å². The number of amides is 1. The lowest BCUT2D eigenvalue weighted by Gasteiger charge is -2.48. The van der Waals surface area contributed by atoms with Gasteiger partial charge >= 0.3 is 5.97 Å². The van der Waals surface area contributed by atoms with Gasteiger partial charge in [0.2, 0.25) is 5.91 Å². The van der Waals surface area contributed by atoms with Gasteiger partial charge in [-0.05, 0) is 25.7 Å². The summed E-state index contributed by atoms with van der Waals surface area (Å²) in [6.07, 6.45) is 1.13. The van der Waals surface area contributed by atoms with Crippen LogP contribution in [0.2, 0.25) is 0 Å². The van der Waals surface area contributed by atoms with Gasteiger partial charge in [-0.1, -0.05) is 13.8 Å². The van der Waals surface area contributed by atoms with E-state index in [1.54, 1.807) is 13.8 Å². The molecular weight excluding hydrogens is 294 g/mol. The Hall–Kier alpha value is -1.11. The third-order valence-corrected chi connectivity index (χ3v) is 5.71. The molecule has 1 rings (SSSR count). The number of carboxylic acids is 1. The van der Waals surface area contributed by atoms with Gasteiger partial charge in [-0.25, -0.2) is 8.42 Å². The monoisotopic (exact) mass is 319 g/mol. The van der Waals surface area contributed by atoms with E-state index < -0.39 is 33.7 Å². The number of nitrogens with zero attached hydrogens (tertiary/aromatic N) is 1. The van der Waals surface area contributed by atoms with Gasteiger partial charge in [0, 0.05) is 18.8 Å². The predicted octanol–water partition coefficient (Wildman–Crippen LogP) is 0.871. The van der Waals surface area contributed by atoms with E-state index in [1.807, 2.05) is 13.8 Å². The second-order valence-electron chi connectivity index (χ2n) is 6.17. The van der Waals surface area contributed by atoms with Crippen LogP contribution in [0.5, 0.6) is 0 Å². The number of aliphatic carboxylic acids is 1. The summed E-state index contributed by atoms with van der Waals surface area (Å²) in [5.41, 5.74) is 0. The molecular formula is C14H25NO5S. The summed E-state index contributed by atoms with van der Waals surface area (Å²) in [7, 11) is -3.19. The molecule has 0 aromatic heterocycles. The van der Waals surface area contributed by atoms with Gasteiger partial charge < -0.3 is 10.0 Å². The van der Waals surface area contributed by atoms with Crippen molar-refractivity contribution in [3.63, 3.8) is 0 Å². The summed E-state index contributed by atoms with van der Waals surface area (Å²) < 4.78 is 22.8. The molecule has 0 aromatic carbocycles. The molecule has 0 saturated heterocycles. The first-order valence-electron chi connectivity index (χ1n) is 7.22. The fourth-order valence-corrected chi connectivity index (χ4v) is 4.38. The highest BCUT2D eigenvalue weighted by molar-refractivity contribution is 7.90. The Morgan fingerprint density at radius 1 is 1.19 bits per heavy atom. The quantitative estimate of drug-likeness (QED) is 0.784. The molecule has 7 heteroatoms. The average molecular weight is 319 g/mol. The SMILES string of the molecule is CCN(C(=O)[C@@H]1C(C)C(C)[C@@H]1C(=O)O)C(C)CS(C)(=O)=O. The Morgan fingerprint density at radius 3 is 2.05 bits per heavy atom. The standard InChI is InChI=1S/C14H25NO5S/c1-6-15(8(2)7-21(5,19)20)13(16)11-9(3)10(4)12(11)14(17)18/h8-12H,6-7H2,1-5H3,(H,17,18)/t8?,9?,10?,11-,12+/m1/s1. The van der Waals surface area contributed by atoms with Crippen LogP contribution in [0, 0.1) is 23.7 Å². The summed E-state index contributed by atoms with van der Waals surface area (Å²) in [5, 5.41) is 9.25. The first kappa shape index (κ1) is 17.9. The van der Waals surface area contributed by atoms with Gasteiger partial charge in [-0.15, -0.1) is 0 Å². The molecule has 0 aromatic rings. The molecule has 0 spiro atoms. The van der Waals surface area contributed by atoms with E-state index in [1.165, 1.54) is 4.90 Å². The van der Waals surface area contributed by atoms with Gasteiger partial charge in [0.1, 0.15) is 9.84 Å². The normalized spacial score (nSPS) is 30.3. The second kappa shape index (κ2) is 6.34. The van der Waals surface area contributed by atoms with Crippen LogP contribution in [0.4, 0.5) is 0 Å². The predicted molar refractivity (Wildman–Crippen MR) is 79.5 cm³/mol. The van der Waals surface area contributed by atoms with Crippen molar-refractivity contribution >= 4 is 21.7 Å². The Kier molecular flexibility index (Phi) is 5.41. The third-order valence-electron chi connectivity index (χ3n) is 4.62. The number of hydrogen-bond acceptors (Lipinski definition) is 4. The minimum atomic E-state index is -3.19. The van der Waals surface area contributed by atoms with Crippen LogP contribution >= 0.6 is 0 Å². The fraction of sp³-hybridized carbons (Fsp3) is 0.857. The molecule has 1 N–H and O–H groups in total. The van der Waals surface area contributed by atoms with Crippen molar-refractivity contribution in [3.8, 4) is 0 Å². The summed E-state index contributed by atoms with van der Waals surface area (Å²) in [4.78, 5) is 25.4. The van der Waals surface area contributed by atoms with E-state index in [4.69, 9.17) is 0 Å². The zero-order valence-corrected chi connectivity index (χ0v) is 14.1. The molecule has 0 aliphatic heterocycles. The highest BCUT2D eigenvalue weighted by Gasteiger charge is 2.54. The largest absolute Gasteiger partial charge is 0.481 e. The van der Waals surface area contributed by atoms with Crippen molar-refractivity contribution in [2.75, 3.05) is 18.6 Å². The Morgan fingerprint density at radius 2 is 1.67 bits per heavy atom. The number of sulfone groups is 1. The molecule has 1 aliphatic rings. The highest BCUT2D eigenvalue weighted by Crippen LogP contribution is 2.46. The minimum Gasteiger partial charge on any atom is -0.481 e. The number of carbonyl (C=O) groups is 2. The summed E-state index contributed by atoms with van der Waals surface area (Å²) in [6.45, 7) is 7.55. The van der Waals surface area contributed by atoms with Gasteiger partial charge in [-0.2, -0.15) is 0 Å². The number of carboxylic acid groups (broad SMARTS) is 1. The van der Waals surface area contributed by atoms with Crippen LogP contribution in [0.25, 0.3) is 0 Å². The molecule has 122 valence electrons. The Bertz CT molecular complexity index is 515.